The van der Waals surface area contributed by atoms with Crippen LogP contribution in [0.4, 0.5) is 4.79 Å². The number of aromatic hydroxyl groups is 1. The third-order valence-electron chi connectivity index (χ3n) is 4.15. The molecule has 1 atom stereocenters. The van der Waals surface area contributed by atoms with Crippen LogP contribution in [0.15, 0.2) is 58.2 Å². The van der Waals surface area contributed by atoms with Gasteiger partial charge in [0.15, 0.2) is 17.3 Å². The van der Waals surface area contributed by atoms with Gasteiger partial charge in [-0.2, -0.15) is 0 Å². The lowest BCUT2D eigenvalue weighted by atomic mass is 9.89. The van der Waals surface area contributed by atoms with Crippen molar-refractivity contribution < 1.29 is 19.4 Å². The predicted molar refractivity (Wildman–Crippen MR) is 100 cm³/mol. The van der Waals surface area contributed by atoms with Crippen molar-refractivity contribution >= 4 is 27.7 Å². The van der Waals surface area contributed by atoms with Crippen LogP contribution in [0.3, 0.4) is 0 Å². The van der Waals surface area contributed by atoms with E-state index in [4.69, 9.17) is 4.74 Å². The number of rotatable bonds is 4. The number of hydrogen-bond donors (Lipinski definition) is 3. The zero-order chi connectivity index (χ0) is 18.8. The van der Waals surface area contributed by atoms with Crippen molar-refractivity contribution in [3.8, 4) is 11.5 Å². The Bertz CT molecular complexity index is 909. The highest BCUT2D eigenvalue weighted by Gasteiger charge is 2.32. The van der Waals surface area contributed by atoms with Crippen LogP contribution in [0, 0.1) is 0 Å². The summed E-state index contributed by atoms with van der Waals surface area (Å²) >= 11 is 3.28. The molecule has 0 aliphatic carbocycles. The number of ether oxygens (including phenoxy) is 1. The highest BCUT2D eigenvalue weighted by Crippen LogP contribution is 2.39. The zero-order valence-corrected chi connectivity index (χ0v) is 15.8. The van der Waals surface area contributed by atoms with E-state index in [1.807, 2.05) is 6.07 Å². The van der Waals surface area contributed by atoms with E-state index in [2.05, 4.69) is 26.6 Å². The van der Waals surface area contributed by atoms with E-state index >= 15 is 0 Å². The predicted octanol–water partition coefficient (Wildman–Crippen LogP) is 3.67. The summed E-state index contributed by atoms with van der Waals surface area (Å²) in [7, 11) is 1.43. The standard InChI is InChI=1S/C19H17BrN2O4/c1-10-15(17(23)11-6-4-3-5-7-11)16(22-19(25)21-10)12-8-13(20)18(24)14(9-12)26-2/h3-9,16,24H,1-2H3,(H2,21,22,25). The number of allylic oxidation sites excluding steroid dienone is 1. The first-order valence-electron chi connectivity index (χ1n) is 7.86. The summed E-state index contributed by atoms with van der Waals surface area (Å²) in [5, 5.41) is 15.5. The third-order valence-corrected chi connectivity index (χ3v) is 4.76. The van der Waals surface area contributed by atoms with E-state index in [-0.39, 0.29) is 17.3 Å². The minimum absolute atomic E-state index is 0.0480. The molecule has 2 aromatic carbocycles. The minimum atomic E-state index is -0.678. The van der Waals surface area contributed by atoms with Crippen molar-refractivity contribution in [3.05, 3.63) is 69.3 Å². The minimum Gasteiger partial charge on any atom is -0.503 e. The molecule has 1 aliphatic heterocycles. The Balaban J connectivity index is 2.12. The fourth-order valence-corrected chi connectivity index (χ4v) is 3.37. The fourth-order valence-electron chi connectivity index (χ4n) is 2.91. The molecule has 1 unspecified atom stereocenters. The molecule has 1 heterocycles. The van der Waals surface area contributed by atoms with Gasteiger partial charge in [-0.1, -0.05) is 30.3 Å². The second kappa shape index (κ2) is 7.21. The highest BCUT2D eigenvalue weighted by molar-refractivity contribution is 9.10. The van der Waals surface area contributed by atoms with Crippen LogP contribution in [0.5, 0.6) is 11.5 Å². The van der Waals surface area contributed by atoms with Gasteiger partial charge in [-0.3, -0.25) is 4.79 Å². The van der Waals surface area contributed by atoms with E-state index in [9.17, 15) is 14.7 Å². The lowest BCUT2D eigenvalue weighted by molar-refractivity contribution is 0.102. The second-order valence-electron chi connectivity index (χ2n) is 5.82. The Hall–Kier alpha value is -2.80. The monoisotopic (exact) mass is 416 g/mol. The van der Waals surface area contributed by atoms with Gasteiger partial charge in [0.05, 0.1) is 17.6 Å². The zero-order valence-electron chi connectivity index (χ0n) is 14.2. The molecule has 0 bridgehead atoms. The van der Waals surface area contributed by atoms with Gasteiger partial charge in [0.1, 0.15) is 0 Å². The van der Waals surface area contributed by atoms with Crippen LogP contribution in [-0.2, 0) is 0 Å². The van der Waals surface area contributed by atoms with Crippen molar-refractivity contribution in [1.29, 1.82) is 0 Å². The summed E-state index contributed by atoms with van der Waals surface area (Å²) < 4.78 is 5.59. The molecule has 3 rings (SSSR count). The maximum Gasteiger partial charge on any atom is 0.319 e. The summed E-state index contributed by atoms with van der Waals surface area (Å²) in [6.45, 7) is 1.69. The molecule has 0 fully saturated rings. The van der Waals surface area contributed by atoms with E-state index in [0.29, 0.717) is 26.9 Å². The number of ketones is 1. The molecule has 0 radical (unpaired) electrons. The van der Waals surface area contributed by atoms with Crippen LogP contribution >= 0.6 is 15.9 Å². The number of phenolic OH excluding ortho intramolecular Hbond substituents is 1. The van der Waals surface area contributed by atoms with Crippen molar-refractivity contribution in [1.82, 2.24) is 10.6 Å². The Morgan fingerprint density at radius 1 is 1.23 bits per heavy atom. The Labute approximate surface area is 159 Å². The number of benzene rings is 2. The van der Waals surface area contributed by atoms with Gasteiger partial charge in [0.2, 0.25) is 0 Å². The fraction of sp³-hybridized carbons (Fsp3) is 0.158. The van der Waals surface area contributed by atoms with Gasteiger partial charge >= 0.3 is 6.03 Å². The van der Waals surface area contributed by atoms with Crippen molar-refractivity contribution in [2.75, 3.05) is 7.11 Å². The quantitative estimate of drug-likeness (QED) is 0.663. The van der Waals surface area contributed by atoms with Gasteiger partial charge < -0.3 is 20.5 Å². The third kappa shape index (κ3) is 3.30. The maximum absolute atomic E-state index is 13.1. The normalized spacial score (nSPS) is 16.7. The van der Waals surface area contributed by atoms with Gasteiger partial charge in [-0.15, -0.1) is 0 Å². The highest BCUT2D eigenvalue weighted by atomic mass is 79.9. The van der Waals surface area contributed by atoms with Crippen LogP contribution in [0.2, 0.25) is 0 Å². The summed E-state index contributed by atoms with van der Waals surface area (Å²) in [4.78, 5) is 25.1. The first-order valence-corrected chi connectivity index (χ1v) is 8.66. The van der Waals surface area contributed by atoms with E-state index in [1.54, 1.807) is 43.3 Å². The van der Waals surface area contributed by atoms with Gasteiger partial charge in [0, 0.05) is 16.8 Å². The van der Waals surface area contributed by atoms with Crippen LogP contribution in [-0.4, -0.2) is 24.0 Å². The Kier molecular flexibility index (Phi) is 4.99. The summed E-state index contributed by atoms with van der Waals surface area (Å²) in [5.74, 6) is 0.00299. The number of nitrogens with one attached hydrogen (secondary N) is 2. The summed E-state index contributed by atoms with van der Waals surface area (Å²) in [6, 6.07) is 11.0. The average molecular weight is 417 g/mol. The largest absolute Gasteiger partial charge is 0.503 e. The molecule has 7 heteroatoms. The molecule has 0 saturated carbocycles. The second-order valence-corrected chi connectivity index (χ2v) is 6.67. The van der Waals surface area contributed by atoms with Crippen molar-refractivity contribution in [2.45, 2.75) is 13.0 Å². The van der Waals surface area contributed by atoms with Crippen LogP contribution in [0.25, 0.3) is 0 Å². The van der Waals surface area contributed by atoms with Crippen molar-refractivity contribution in [3.63, 3.8) is 0 Å². The number of Topliss-reactive ketones (excluding diaryl/α,β-unsaturated/α-hetero) is 1. The molecule has 26 heavy (non-hydrogen) atoms. The first-order chi connectivity index (χ1) is 12.4. The Morgan fingerprint density at radius 3 is 2.58 bits per heavy atom. The number of carbonyl (C=O) groups excluding carboxylic acids is 2. The molecule has 2 aromatic rings. The summed E-state index contributed by atoms with van der Waals surface area (Å²) in [6.07, 6.45) is 0. The van der Waals surface area contributed by atoms with Gasteiger partial charge in [-0.05, 0) is 40.5 Å². The average Bonchev–Trinajstić information content (AvgIpc) is 2.63. The van der Waals surface area contributed by atoms with Crippen LogP contribution < -0.4 is 15.4 Å². The van der Waals surface area contributed by atoms with Crippen molar-refractivity contribution in [2.24, 2.45) is 0 Å². The maximum atomic E-state index is 13.1. The molecule has 1 aliphatic rings. The topological polar surface area (TPSA) is 87.7 Å². The van der Waals surface area contributed by atoms with E-state index in [0.717, 1.165) is 0 Å². The molecular formula is C19H17BrN2O4. The molecule has 6 nitrogen and oxygen atoms in total. The SMILES string of the molecule is COc1cc(C2NC(=O)NC(C)=C2C(=O)c2ccccc2)cc(Br)c1O. The Morgan fingerprint density at radius 2 is 1.92 bits per heavy atom. The number of methoxy groups -OCH3 is 1. The summed E-state index contributed by atoms with van der Waals surface area (Å²) in [5.41, 5.74) is 2.04. The molecule has 0 spiro atoms. The number of carbonyl (C=O) groups is 2. The first kappa shape index (κ1) is 18.0. The molecule has 2 amide bonds. The number of urea groups is 1. The number of halogens is 1. The van der Waals surface area contributed by atoms with E-state index < -0.39 is 12.1 Å². The number of phenols is 1. The number of amides is 2. The van der Waals surface area contributed by atoms with Gasteiger partial charge in [0.25, 0.3) is 0 Å². The lowest BCUT2D eigenvalue weighted by Gasteiger charge is -2.29. The number of hydrogen-bond acceptors (Lipinski definition) is 4. The molecule has 0 saturated heterocycles. The molecular weight excluding hydrogens is 400 g/mol. The smallest absolute Gasteiger partial charge is 0.319 e. The molecule has 0 aromatic heterocycles. The van der Waals surface area contributed by atoms with E-state index in [1.165, 1.54) is 7.11 Å². The van der Waals surface area contributed by atoms with Crippen LogP contribution in [0.1, 0.15) is 28.9 Å². The molecule has 134 valence electrons. The van der Waals surface area contributed by atoms with Gasteiger partial charge in [-0.25, -0.2) is 4.79 Å². The molecule has 3 N–H and O–H groups in total. The lowest BCUT2D eigenvalue weighted by Crippen LogP contribution is -2.45.